The van der Waals surface area contributed by atoms with Gasteiger partial charge in [-0.15, -0.1) is 0 Å². The SMILES string of the molecule is C[C@@H](O)[C@@]1(O)CC[C@H]2[C@@H]3CC[C@H]4C[C@@H](O)CC[C@@]4(C)[C@@H]3CC[C@@]21C. The molecule has 4 saturated carbocycles. The summed E-state index contributed by atoms with van der Waals surface area (Å²) in [6.45, 7) is 6.53. The number of aliphatic hydroxyl groups excluding tert-OH is 2. The molecule has 9 atom stereocenters. The molecule has 0 aromatic carbocycles. The first-order chi connectivity index (χ1) is 11.2. The Hall–Kier alpha value is -0.120. The van der Waals surface area contributed by atoms with E-state index in [1.54, 1.807) is 6.92 Å². The van der Waals surface area contributed by atoms with E-state index in [0.717, 1.165) is 38.0 Å². The predicted octanol–water partition coefficient (Wildman–Crippen LogP) is 3.50. The fraction of sp³-hybridized carbons (Fsp3) is 1.00. The van der Waals surface area contributed by atoms with E-state index in [4.69, 9.17) is 0 Å². The highest BCUT2D eigenvalue weighted by Gasteiger charge is 2.65. The summed E-state index contributed by atoms with van der Waals surface area (Å²) >= 11 is 0. The zero-order valence-electron chi connectivity index (χ0n) is 15.7. The van der Waals surface area contributed by atoms with Crippen molar-refractivity contribution in [1.82, 2.24) is 0 Å². The van der Waals surface area contributed by atoms with Gasteiger partial charge < -0.3 is 15.3 Å². The summed E-state index contributed by atoms with van der Waals surface area (Å²) < 4.78 is 0. The Kier molecular flexibility index (Phi) is 3.92. The quantitative estimate of drug-likeness (QED) is 0.687. The molecule has 0 spiro atoms. The molecule has 4 aliphatic carbocycles. The summed E-state index contributed by atoms with van der Waals surface area (Å²) in [6.07, 6.45) is 8.99. The molecule has 0 aromatic rings. The summed E-state index contributed by atoms with van der Waals surface area (Å²) in [6, 6.07) is 0. The smallest absolute Gasteiger partial charge is 0.0958 e. The highest BCUT2D eigenvalue weighted by molar-refractivity contribution is 5.15. The van der Waals surface area contributed by atoms with Crippen LogP contribution in [-0.2, 0) is 0 Å². The zero-order chi connectivity index (χ0) is 17.3. The average molecular weight is 337 g/mol. The van der Waals surface area contributed by atoms with Gasteiger partial charge in [0.15, 0.2) is 0 Å². The minimum atomic E-state index is -0.900. The van der Waals surface area contributed by atoms with E-state index in [9.17, 15) is 15.3 Å². The Labute approximate surface area is 146 Å². The van der Waals surface area contributed by atoms with Crippen LogP contribution in [0.5, 0.6) is 0 Å². The number of aliphatic hydroxyl groups is 3. The minimum absolute atomic E-state index is 0.0831. The monoisotopic (exact) mass is 336 g/mol. The zero-order valence-corrected chi connectivity index (χ0v) is 15.7. The number of hydrogen-bond acceptors (Lipinski definition) is 3. The van der Waals surface area contributed by atoms with Crippen molar-refractivity contribution in [3.63, 3.8) is 0 Å². The van der Waals surface area contributed by atoms with Crippen LogP contribution in [0.25, 0.3) is 0 Å². The predicted molar refractivity (Wildman–Crippen MR) is 94.4 cm³/mol. The standard InChI is InChI=1S/C21H36O3/c1-13(22)21(24)11-8-18-16-5-4-14-12-15(23)6-9-19(14,2)17(16)7-10-20(18,21)3/h13-18,22-24H,4-12H2,1-3H3/t13-,14+,15+,16-,17-,18+,19-,20+,21+/m1/s1. The maximum Gasteiger partial charge on any atom is 0.0958 e. The van der Waals surface area contributed by atoms with Gasteiger partial charge in [0.05, 0.1) is 17.8 Å². The van der Waals surface area contributed by atoms with E-state index in [-0.39, 0.29) is 11.5 Å². The number of hydrogen-bond donors (Lipinski definition) is 3. The van der Waals surface area contributed by atoms with Crippen LogP contribution in [0.15, 0.2) is 0 Å². The molecular weight excluding hydrogens is 300 g/mol. The second-order valence-electron chi connectivity index (χ2n) is 10.2. The molecule has 0 bridgehead atoms. The molecule has 4 fully saturated rings. The fourth-order valence-corrected chi connectivity index (χ4v) is 7.97. The van der Waals surface area contributed by atoms with Crippen molar-refractivity contribution >= 4 is 0 Å². The van der Waals surface area contributed by atoms with E-state index in [1.807, 2.05) is 0 Å². The molecule has 0 saturated heterocycles. The third-order valence-corrected chi connectivity index (χ3v) is 9.54. The fourth-order valence-electron chi connectivity index (χ4n) is 7.97. The molecule has 0 unspecified atom stereocenters. The van der Waals surface area contributed by atoms with Gasteiger partial charge in [0.1, 0.15) is 0 Å². The van der Waals surface area contributed by atoms with Gasteiger partial charge in [-0.2, -0.15) is 0 Å². The van der Waals surface area contributed by atoms with Crippen molar-refractivity contribution in [2.45, 2.75) is 96.4 Å². The number of fused-ring (bicyclic) bond motifs is 5. The van der Waals surface area contributed by atoms with Gasteiger partial charge >= 0.3 is 0 Å². The van der Waals surface area contributed by atoms with Crippen LogP contribution in [0.4, 0.5) is 0 Å². The first-order valence-electron chi connectivity index (χ1n) is 10.3. The molecule has 0 aromatic heterocycles. The normalized spacial score (nSPS) is 58.5. The summed E-state index contributed by atoms with van der Waals surface area (Å²) in [7, 11) is 0. The van der Waals surface area contributed by atoms with Crippen LogP contribution in [0.2, 0.25) is 0 Å². The van der Waals surface area contributed by atoms with Crippen LogP contribution in [0, 0.1) is 34.5 Å². The topological polar surface area (TPSA) is 60.7 Å². The van der Waals surface area contributed by atoms with Crippen molar-refractivity contribution in [2.75, 3.05) is 0 Å². The van der Waals surface area contributed by atoms with E-state index in [2.05, 4.69) is 13.8 Å². The van der Waals surface area contributed by atoms with Crippen LogP contribution in [0.1, 0.15) is 78.6 Å². The van der Waals surface area contributed by atoms with Crippen molar-refractivity contribution in [3.8, 4) is 0 Å². The van der Waals surface area contributed by atoms with Gasteiger partial charge in [-0.3, -0.25) is 0 Å². The molecule has 0 heterocycles. The van der Waals surface area contributed by atoms with Crippen LogP contribution >= 0.6 is 0 Å². The first kappa shape index (κ1) is 17.3. The van der Waals surface area contributed by atoms with Gasteiger partial charge in [-0.1, -0.05) is 13.8 Å². The molecule has 24 heavy (non-hydrogen) atoms. The van der Waals surface area contributed by atoms with Gasteiger partial charge in [0.2, 0.25) is 0 Å². The molecule has 0 aliphatic heterocycles. The second kappa shape index (κ2) is 5.44. The third kappa shape index (κ3) is 2.07. The molecule has 3 nitrogen and oxygen atoms in total. The molecule has 4 rings (SSSR count). The van der Waals surface area contributed by atoms with Crippen LogP contribution in [-0.4, -0.2) is 33.1 Å². The van der Waals surface area contributed by atoms with Gasteiger partial charge in [-0.25, -0.2) is 0 Å². The Morgan fingerprint density at radius 3 is 2.33 bits per heavy atom. The molecule has 3 heteroatoms. The van der Waals surface area contributed by atoms with Crippen LogP contribution < -0.4 is 0 Å². The lowest BCUT2D eigenvalue weighted by Gasteiger charge is -2.61. The van der Waals surface area contributed by atoms with Gasteiger partial charge in [-0.05, 0) is 93.8 Å². The second-order valence-corrected chi connectivity index (χ2v) is 10.2. The first-order valence-corrected chi connectivity index (χ1v) is 10.3. The number of rotatable bonds is 1. The molecule has 0 radical (unpaired) electrons. The Balaban J connectivity index is 1.63. The summed E-state index contributed by atoms with van der Waals surface area (Å²) in [4.78, 5) is 0. The maximum atomic E-state index is 11.3. The van der Waals surface area contributed by atoms with Crippen molar-refractivity contribution in [2.24, 2.45) is 34.5 Å². The highest BCUT2D eigenvalue weighted by Crippen LogP contribution is 2.68. The van der Waals surface area contributed by atoms with Crippen molar-refractivity contribution in [1.29, 1.82) is 0 Å². The Morgan fingerprint density at radius 1 is 0.917 bits per heavy atom. The van der Waals surface area contributed by atoms with Crippen LogP contribution in [0.3, 0.4) is 0 Å². The lowest BCUT2D eigenvalue weighted by Crippen LogP contribution is -2.59. The molecule has 0 amide bonds. The summed E-state index contributed by atoms with van der Waals surface area (Å²) in [5.74, 6) is 2.69. The summed E-state index contributed by atoms with van der Waals surface area (Å²) in [5, 5.41) is 31.7. The molecule has 138 valence electrons. The largest absolute Gasteiger partial charge is 0.393 e. The lowest BCUT2D eigenvalue weighted by molar-refractivity contribution is -0.186. The average Bonchev–Trinajstić information content (AvgIpc) is 2.81. The van der Waals surface area contributed by atoms with E-state index in [1.165, 1.54) is 25.7 Å². The van der Waals surface area contributed by atoms with E-state index < -0.39 is 11.7 Å². The Morgan fingerprint density at radius 2 is 1.62 bits per heavy atom. The third-order valence-electron chi connectivity index (χ3n) is 9.54. The molecular formula is C21H36O3. The van der Waals surface area contributed by atoms with E-state index >= 15 is 0 Å². The summed E-state index contributed by atoms with van der Waals surface area (Å²) in [5.41, 5.74) is -0.641. The Bertz CT molecular complexity index is 505. The minimum Gasteiger partial charge on any atom is -0.393 e. The van der Waals surface area contributed by atoms with E-state index in [0.29, 0.717) is 23.2 Å². The molecule has 4 aliphatic rings. The van der Waals surface area contributed by atoms with Crippen molar-refractivity contribution < 1.29 is 15.3 Å². The van der Waals surface area contributed by atoms with Gasteiger partial charge in [0.25, 0.3) is 0 Å². The highest BCUT2D eigenvalue weighted by atomic mass is 16.3. The van der Waals surface area contributed by atoms with Gasteiger partial charge in [0, 0.05) is 5.41 Å². The van der Waals surface area contributed by atoms with Crippen molar-refractivity contribution in [3.05, 3.63) is 0 Å². The maximum absolute atomic E-state index is 11.3. The molecule has 3 N–H and O–H groups in total. The lowest BCUT2D eigenvalue weighted by atomic mass is 9.44.